The molecule has 1 N–H and O–H groups in total. The molecule has 0 spiro atoms. The first-order chi connectivity index (χ1) is 10.0. The Morgan fingerprint density at radius 3 is 2.19 bits per heavy atom. The summed E-state index contributed by atoms with van der Waals surface area (Å²) < 4.78 is 6.58. The van der Waals surface area contributed by atoms with Crippen LogP contribution in [-0.4, -0.2) is 13.2 Å². The highest BCUT2D eigenvalue weighted by atomic mass is 79.9. The first-order valence-corrected chi connectivity index (χ1v) is 8.07. The highest BCUT2D eigenvalue weighted by molar-refractivity contribution is 9.10. The number of hydrogen-bond donors (Lipinski definition) is 1. The maximum atomic E-state index is 6.06. The molecule has 0 aliphatic rings. The van der Waals surface area contributed by atoms with Crippen molar-refractivity contribution in [2.24, 2.45) is 0 Å². The van der Waals surface area contributed by atoms with E-state index in [1.54, 1.807) is 0 Å². The predicted octanol–water partition coefficient (Wildman–Crippen LogP) is 5.20. The molecule has 0 aromatic heterocycles. The highest BCUT2D eigenvalue weighted by Crippen LogP contribution is 2.29. The van der Waals surface area contributed by atoms with E-state index in [-0.39, 0.29) is 12.1 Å². The van der Waals surface area contributed by atoms with Crippen LogP contribution in [0.2, 0.25) is 5.02 Å². The van der Waals surface area contributed by atoms with Gasteiger partial charge < -0.3 is 10.1 Å². The Hall–Kier alpha value is -1.03. The Bertz CT molecular complexity index is 598. The van der Waals surface area contributed by atoms with Crippen molar-refractivity contribution >= 4 is 27.5 Å². The van der Waals surface area contributed by atoms with Crippen LogP contribution in [0.15, 0.2) is 46.9 Å². The fraction of sp³-hybridized carbons (Fsp3) is 0.294. The normalized spacial score (nSPS) is 12.5. The van der Waals surface area contributed by atoms with Crippen LogP contribution in [0.1, 0.15) is 31.0 Å². The van der Waals surface area contributed by atoms with E-state index in [1.165, 1.54) is 5.56 Å². The summed E-state index contributed by atoms with van der Waals surface area (Å²) in [6.45, 7) is 4.05. The van der Waals surface area contributed by atoms with Crippen molar-refractivity contribution in [1.29, 1.82) is 0 Å². The van der Waals surface area contributed by atoms with Gasteiger partial charge in [-0.3, -0.25) is 0 Å². The van der Waals surface area contributed by atoms with Crippen molar-refractivity contribution in [2.75, 3.05) is 7.05 Å². The van der Waals surface area contributed by atoms with Crippen LogP contribution < -0.4 is 10.1 Å². The molecule has 1 unspecified atom stereocenters. The van der Waals surface area contributed by atoms with Crippen molar-refractivity contribution in [3.8, 4) is 5.75 Å². The molecule has 4 heteroatoms. The van der Waals surface area contributed by atoms with E-state index < -0.39 is 0 Å². The lowest BCUT2D eigenvalue weighted by Crippen LogP contribution is -2.17. The lowest BCUT2D eigenvalue weighted by atomic mass is 9.99. The fourth-order valence-electron chi connectivity index (χ4n) is 2.23. The van der Waals surface area contributed by atoms with E-state index in [4.69, 9.17) is 16.3 Å². The summed E-state index contributed by atoms with van der Waals surface area (Å²) in [5.74, 6) is 0.890. The van der Waals surface area contributed by atoms with Crippen LogP contribution >= 0.6 is 27.5 Å². The number of halogens is 2. The Kier molecular flexibility index (Phi) is 5.68. The fourth-order valence-corrected chi connectivity index (χ4v) is 2.74. The molecule has 0 radical (unpaired) electrons. The predicted molar refractivity (Wildman–Crippen MR) is 92.3 cm³/mol. The smallest absolute Gasteiger partial charge is 0.119 e. The van der Waals surface area contributed by atoms with Gasteiger partial charge in [0.2, 0.25) is 0 Å². The minimum atomic E-state index is 0.117. The number of rotatable bonds is 5. The van der Waals surface area contributed by atoms with Crippen molar-refractivity contribution in [1.82, 2.24) is 5.32 Å². The molecule has 1 atom stereocenters. The molecule has 0 aliphatic heterocycles. The third kappa shape index (κ3) is 4.22. The van der Waals surface area contributed by atoms with E-state index in [0.29, 0.717) is 5.02 Å². The average molecular weight is 369 g/mol. The van der Waals surface area contributed by atoms with Gasteiger partial charge in [-0.05, 0) is 72.2 Å². The summed E-state index contributed by atoms with van der Waals surface area (Å²) >= 11 is 9.54. The zero-order valence-electron chi connectivity index (χ0n) is 12.4. The second-order valence-corrected chi connectivity index (χ2v) is 6.39. The van der Waals surface area contributed by atoms with Gasteiger partial charge in [0, 0.05) is 4.47 Å². The zero-order chi connectivity index (χ0) is 15.4. The molecule has 0 fully saturated rings. The number of ether oxygens (including phenoxy) is 1. The van der Waals surface area contributed by atoms with Gasteiger partial charge in [0.25, 0.3) is 0 Å². The van der Waals surface area contributed by atoms with Gasteiger partial charge in [-0.2, -0.15) is 0 Å². The van der Waals surface area contributed by atoms with E-state index >= 15 is 0 Å². The molecule has 0 heterocycles. The molecule has 112 valence electrons. The van der Waals surface area contributed by atoms with Crippen molar-refractivity contribution < 1.29 is 4.74 Å². The molecule has 2 nitrogen and oxygen atoms in total. The number of benzene rings is 2. The monoisotopic (exact) mass is 367 g/mol. The van der Waals surface area contributed by atoms with Gasteiger partial charge in [0.1, 0.15) is 5.75 Å². The standard InChI is InChI=1S/C17H19BrClNO/c1-11(2)21-14-7-4-12(5-8-14)17(20-3)13-6-9-16(19)15(18)10-13/h4-11,17,20H,1-3H3. The van der Waals surface area contributed by atoms with Gasteiger partial charge in [-0.1, -0.05) is 29.8 Å². The number of hydrogen-bond acceptors (Lipinski definition) is 2. The van der Waals surface area contributed by atoms with Crippen LogP contribution in [0.4, 0.5) is 0 Å². The zero-order valence-corrected chi connectivity index (χ0v) is 14.7. The number of nitrogens with one attached hydrogen (secondary N) is 1. The average Bonchev–Trinajstić information content (AvgIpc) is 2.45. The SMILES string of the molecule is CNC(c1ccc(OC(C)C)cc1)c1ccc(Cl)c(Br)c1. The van der Waals surface area contributed by atoms with Gasteiger partial charge in [-0.25, -0.2) is 0 Å². The van der Waals surface area contributed by atoms with Crippen LogP contribution in [0, 0.1) is 0 Å². The lowest BCUT2D eigenvalue weighted by molar-refractivity contribution is 0.242. The van der Waals surface area contributed by atoms with E-state index in [9.17, 15) is 0 Å². The third-order valence-electron chi connectivity index (χ3n) is 3.15. The van der Waals surface area contributed by atoms with E-state index in [2.05, 4.69) is 33.4 Å². The quantitative estimate of drug-likeness (QED) is 0.783. The van der Waals surface area contributed by atoms with Crippen LogP contribution in [-0.2, 0) is 0 Å². The Labute approximate surface area is 139 Å². The highest BCUT2D eigenvalue weighted by Gasteiger charge is 2.13. The van der Waals surface area contributed by atoms with Crippen molar-refractivity contribution in [3.05, 3.63) is 63.1 Å². The minimum absolute atomic E-state index is 0.117. The van der Waals surface area contributed by atoms with Gasteiger partial charge in [0.05, 0.1) is 17.2 Å². The molecular formula is C17H19BrClNO. The summed E-state index contributed by atoms with van der Waals surface area (Å²) in [6.07, 6.45) is 0.183. The topological polar surface area (TPSA) is 21.3 Å². The molecule has 0 amide bonds. The van der Waals surface area contributed by atoms with Gasteiger partial charge in [-0.15, -0.1) is 0 Å². The first kappa shape index (κ1) is 16.3. The summed E-state index contributed by atoms with van der Waals surface area (Å²) in [6, 6.07) is 14.3. The second-order valence-electron chi connectivity index (χ2n) is 5.13. The molecule has 0 bridgehead atoms. The molecule has 0 aliphatic carbocycles. The summed E-state index contributed by atoms with van der Waals surface area (Å²) in [5.41, 5.74) is 2.34. The third-order valence-corrected chi connectivity index (χ3v) is 4.36. The van der Waals surface area contributed by atoms with Crippen molar-refractivity contribution in [3.63, 3.8) is 0 Å². The van der Waals surface area contributed by atoms with Crippen LogP contribution in [0.25, 0.3) is 0 Å². The molecule has 2 aromatic rings. The minimum Gasteiger partial charge on any atom is -0.491 e. The molecule has 0 saturated carbocycles. The Balaban J connectivity index is 2.26. The molecule has 2 aromatic carbocycles. The summed E-state index contributed by atoms with van der Waals surface area (Å²) in [4.78, 5) is 0. The van der Waals surface area contributed by atoms with Crippen molar-refractivity contribution in [2.45, 2.75) is 26.0 Å². The maximum absolute atomic E-state index is 6.06. The molecular weight excluding hydrogens is 350 g/mol. The lowest BCUT2D eigenvalue weighted by Gasteiger charge is -2.19. The first-order valence-electron chi connectivity index (χ1n) is 6.90. The van der Waals surface area contributed by atoms with Crippen LogP contribution in [0.5, 0.6) is 5.75 Å². The molecule has 2 rings (SSSR count). The summed E-state index contributed by atoms with van der Waals surface area (Å²) in [5, 5.41) is 4.05. The summed E-state index contributed by atoms with van der Waals surface area (Å²) in [7, 11) is 1.95. The molecule has 0 saturated heterocycles. The molecule has 21 heavy (non-hydrogen) atoms. The van der Waals surface area contributed by atoms with E-state index in [0.717, 1.165) is 15.8 Å². The second kappa shape index (κ2) is 7.30. The van der Waals surface area contributed by atoms with Gasteiger partial charge >= 0.3 is 0 Å². The van der Waals surface area contributed by atoms with E-state index in [1.807, 2.05) is 51.2 Å². The van der Waals surface area contributed by atoms with Crippen LogP contribution in [0.3, 0.4) is 0 Å². The van der Waals surface area contributed by atoms with Gasteiger partial charge in [0.15, 0.2) is 0 Å². The largest absolute Gasteiger partial charge is 0.491 e. The Morgan fingerprint density at radius 1 is 1.05 bits per heavy atom. The maximum Gasteiger partial charge on any atom is 0.119 e. The Morgan fingerprint density at radius 2 is 1.67 bits per heavy atom.